The van der Waals surface area contributed by atoms with Gasteiger partial charge in [-0.25, -0.2) is 0 Å². The fourth-order valence-corrected chi connectivity index (χ4v) is 2.62. The van der Waals surface area contributed by atoms with Gasteiger partial charge in [0.25, 0.3) is 5.56 Å². The fraction of sp³-hybridized carbons (Fsp3) is 0.250. The van der Waals surface area contributed by atoms with Gasteiger partial charge in [0.1, 0.15) is 0 Å². The van der Waals surface area contributed by atoms with Crippen molar-refractivity contribution in [1.82, 2.24) is 4.98 Å². The van der Waals surface area contributed by atoms with Gasteiger partial charge < -0.3 is 4.98 Å². The molecular weight excluding hydrogens is 289 g/mol. The summed E-state index contributed by atoms with van der Waals surface area (Å²) in [4.78, 5) is 14.7. The molecule has 0 spiro atoms. The van der Waals surface area contributed by atoms with Crippen molar-refractivity contribution in [2.75, 3.05) is 0 Å². The maximum absolute atomic E-state index is 11.8. The van der Waals surface area contributed by atoms with Crippen LogP contribution in [0.25, 0.3) is 10.9 Å². The first-order valence-electron chi connectivity index (χ1n) is 5.13. The molecule has 2 nitrogen and oxygen atoms in total. The Labute approximate surface area is 107 Å². The molecule has 1 heterocycles. The van der Waals surface area contributed by atoms with Crippen molar-refractivity contribution in [1.29, 1.82) is 0 Å². The van der Waals surface area contributed by atoms with E-state index < -0.39 is 0 Å². The molecule has 0 saturated heterocycles. The van der Waals surface area contributed by atoms with Crippen LogP contribution in [0.4, 0.5) is 0 Å². The minimum Gasteiger partial charge on any atom is -0.322 e. The van der Waals surface area contributed by atoms with Crippen LogP contribution in [-0.4, -0.2) is 4.98 Å². The van der Waals surface area contributed by atoms with Crippen LogP contribution in [0, 0.1) is 0 Å². The Balaban J connectivity index is 2.79. The highest BCUT2D eigenvalue weighted by atomic mass is 79.9. The number of aromatic amines is 1. The largest absolute Gasteiger partial charge is 0.322 e. The van der Waals surface area contributed by atoms with E-state index in [2.05, 4.69) is 20.9 Å². The molecule has 0 saturated carbocycles. The van der Waals surface area contributed by atoms with Gasteiger partial charge in [-0.1, -0.05) is 24.9 Å². The molecule has 0 bridgehead atoms. The monoisotopic (exact) mass is 299 g/mol. The van der Waals surface area contributed by atoms with E-state index in [-0.39, 0.29) is 5.56 Å². The summed E-state index contributed by atoms with van der Waals surface area (Å²) in [5.41, 5.74) is 1.57. The maximum Gasteiger partial charge on any atom is 0.252 e. The highest BCUT2D eigenvalue weighted by molar-refractivity contribution is 9.10. The van der Waals surface area contributed by atoms with E-state index in [0.29, 0.717) is 5.02 Å². The Morgan fingerprint density at radius 1 is 1.44 bits per heavy atom. The average molecular weight is 301 g/mol. The first-order chi connectivity index (χ1) is 7.63. The van der Waals surface area contributed by atoms with Crippen LogP contribution in [0.15, 0.2) is 27.5 Å². The van der Waals surface area contributed by atoms with Crippen LogP contribution < -0.4 is 5.56 Å². The lowest BCUT2D eigenvalue weighted by Gasteiger charge is -2.06. The van der Waals surface area contributed by atoms with Crippen LogP contribution in [-0.2, 0) is 6.42 Å². The molecule has 2 rings (SSSR count). The normalized spacial score (nSPS) is 10.9. The van der Waals surface area contributed by atoms with E-state index in [9.17, 15) is 4.79 Å². The summed E-state index contributed by atoms with van der Waals surface area (Å²) in [6.07, 6.45) is 1.70. The van der Waals surface area contributed by atoms with Crippen LogP contribution in [0.3, 0.4) is 0 Å². The highest BCUT2D eigenvalue weighted by Crippen LogP contribution is 2.27. The molecule has 0 amide bonds. The summed E-state index contributed by atoms with van der Waals surface area (Å²) in [6.45, 7) is 2.05. The van der Waals surface area contributed by atoms with Gasteiger partial charge in [-0.05, 0) is 40.5 Å². The summed E-state index contributed by atoms with van der Waals surface area (Å²) in [7, 11) is 0. The number of fused-ring (bicyclic) bond motifs is 1. The van der Waals surface area contributed by atoms with E-state index in [1.54, 1.807) is 6.07 Å². The molecule has 0 radical (unpaired) electrons. The third kappa shape index (κ3) is 2.02. The predicted molar refractivity (Wildman–Crippen MR) is 71.3 cm³/mol. The molecule has 2 aromatic rings. The number of benzene rings is 1. The van der Waals surface area contributed by atoms with Gasteiger partial charge in [0.15, 0.2) is 0 Å². The zero-order valence-electron chi connectivity index (χ0n) is 8.81. The molecule has 1 aromatic carbocycles. The lowest BCUT2D eigenvalue weighted by Crippen LogP contribution is -2.13. The summed E-state index contributed by atoms with van der Waals surface area (Å²) in [5.74, 6) is 0. The number of hydrogen-bond donors (Lipinski definition) is 1. The second-order valence-electron chi connectivity index (χ2n) is 3.69. The van der Waals surface area contributed by atoms with Gasteiger partial charge in [0.05, 0.1) is 0 Å². The highest BCUT2D eigenvalue weighted by Gasteiger charge is 2.09. The second kappa shape index (κ2) is 4.60. The van der Waals surface area contributed by atoms with Crippen molar-refractivity contribution >= 4 is 38.4 Å². The van der Waals surface area contributed by atoms with Crippen molar-refractivity contribution in [3.8, 4) is 0 Å². The van der Waals surface area contributed by atoms with E-state index in [0.717, 1.165) is 33.8 Å². The summed E-state index contributed by atoms with van der Waals surface area (Å²) in [5, 5.41) is 1.62. The second-order valence-corrected chi connectivity index (χ2v) is 4.92. The zero-order chi connectivity index (χ0) is 11.7. The number of halogens is 2. The molecule has 0 aliphatic carbocycles. The number of H-pyrrole nitrogens is 1. The lowest BCUT2D eigenvalue weighted by molar-refractivity contribution is 0.900. The summed E-state index contributed by atoms with van der Waals surface area (Å²) < 4.78 is 0.857. The van der Waals surface area contributed by atoms with E-state index in [1.165, 1.54) is 0 Å². The SMILES string of the molecule is CCCc1c(Br)c2cc(Cl)ccc2[nH]c1=O. The standard InChI is InChI=1S/C12H11BrClNO/c1-2-3-8-11(13)9-6-7(14)4-5-10(9)15-12(8)16/h4-6H,2-3H2,1H3,(H,15,16). The van der Waals surface area contributed by atoms with Crippen molar-refractivity contribution in [2.24, 2.45) is 0 Å². The van der Waals surface area contributed by atoms with E-state index in [1.807, 2.05) is 19.1 Å². The third-order valence-electron chi connectivity index (χ3n) is 2.51. The molecule has 0 aliphatic rings. The molecule has 0 atom stereocenters. The summed E-state index contributed by atoms with van der Waals surface area (Å²) in [6, 6.07) is 5.45. The smallest absolute Gasteiger partial charge is 0.252 e. The van der Waals surface area contributed by atoms with Crippen LogP contribution in [0.5, 0.6) is 0 Å². The van der Waals surface area contributed by atoms with Gasteiger partial charge in [0.2, 0.25) is 0 Å². The molecular formula is C12H11BrClNO. The van der Waals surface area contributed by atoms with E-state index in [4.69, 9.17) is 11.6 Å². The molecule has 0 fully saturated rings. The third-order valence-corrected chi connectivity index (χ3v) is 3.65. The Bertz CT molecular complexity index is 591. The van der Waals surface area contributed by atoms with Crippen molar-refractivity contribution < 1.29 is 0 Å². The molecule has 1 N–H and O–H groups in total. The predicted octanol–water partition coefficient (Wildman–Crippen LogP) is 3.90. The van der Waals surface area contributed by atoms with Crippen molar-refractivity contribution in [3.05, 3.63) is 43.6 Å². The number of hydrogen-bond acceptors (Lipinski definition) is 1. The minimum atomic E-state index is -0.0245. The molecule has 1 aromatic heterocycles. The first kappa shape index (κ1) is 11.7. The van der Waals surface area contributed by atoms with Gasteiger partial charge >= 0.3 is 0 Å². The minimum absolute atomic E-state index is 0.0245. The lowest BCUT2D eigenvalue weighted by atomic mass is 10.1. The number of rotatable bonds is 2. The van der Waals surface area contributed by atoms with Gasteiger partial charge in [0, 0.05) is 26.0 Å². The van der Waals surface area contributed by atoms with Crippen LogP contribution >= 0.6 is 27.5 Å². The first-order valence-corrected chi connectivity index (χ1v) is 6.30. The maximum atomic E-state index is 11.8. The quantitative estimate of drug-likeness (QED) is 0.896. The topological polar surface area (TPSA) is 32.9 Å². The number of pyridine rings is 1. The molecule has 0 unspecified atom stereocenters. The van der Waals surface area contributed by atoms with Gasteiger partial charge in [-0.15, -0.1) is 0 Å². The molecule has 16 heavy (non-hydrogen) atoms. The Hall–Kier alpha value is -0.800. The Kier molecular flexibility index (Phi) is 3.36. The number of aromatic nitrogens is 1. The van der Waals surface area contributed by atoms with Crippen molar-refractivity contribution in [3.63, 3.8) is 0 Å². The Morgan fingerprint density at radius 2 is 2.19 bits per heavy atom. The zero-order valence-corrected chi connectivity index (χ0v) is 11.2. The molecule has 4 heteroatoms. The van der Waals surface area contributed by atoms with Gasteiger partial charge in [-0.3, -0.25) is 4.79 Å². The molecule has 0 aliphatic heterocycles. The Morgan fingerprint density at radius 3 is 2.88 bits per heavy atom. The average Bonchev–Trinajstić information content (AvgIpc) is 2.26. The van der Waals surface area contributed by atoms with Crippen molar-refractivity contribution in [2.45, 2.75) is 19.8 Å². The number of nitrogens with one attached hydrogen (secondary N) is 1. The van der Waals surface area contributed by atoms with Crippen LogP contribution in [0.1, 0.15) is 18.9 Å². The summed E-state index contributed by atoms with van der Waals surface area (Å²) >= 11 is 9.44. The fourth-order valence-electron chi connectivity index (χ4n) is 1.74. The molecule has 84 valence electrons. The van der Waals surface area contributed by atoms with E-state index >= 15 is 0 Å². The van der Waals surface area contributed by atoms with Crippen LogP contribution in [0.2, 0.25) is 5.02 Å². The van der Waals surface area contributed by atoms with Gasteiger partial charge in [-0.2, -0.15) is 0 Å².